The molecule has 2 rings (SSSR count). The lowest BCUT2D eigenvalue weighted by Crippen LogP contribution is -2.48. The third kappa shape index (κ3) is 4.28. The van der Waals surface area contributed by atoms with E-state index >= 15 is 0 Å². The average molecular weight is 282 g/mol. The van der Waals surface area contributed by atoms with Crippen LogP contribution < -0.4 is 5.32 Å². The summed E-state index contributed by atoms with van der Waals surface area (Å²) in [5, 5.41) is 5.74. The zero-order valence-electron chi connectivity index (χ0n) is 12.3. The number of thiophene rings is 1. The van der Waals surface area contributed by atoms with Crippen LogP contribution in [0.1, 0.15) is 31.2 Å². The number of ether oxygens (including phenoxy) is 1. The summed E-state index contributed by atoms with van der Waals surface area (Å²) in [6.45, 7) is 11.6. The van der Waals surface area contributed by atoms with E-state index < -0.39 is 0 Å². The molecule has 0 aromatic carbocycles. The molecule has 0 spiro atoms. The van der Waals surface area contributed by atoms with Gasteiger partial charge in [-0.05, 0) is 37.3 Å². The summed E-state index contributed by atoms with van der Waals surface area (Å²) in [6, 6.07) is 2.86. The smallest absolute Gasteiger partial charge is 0.0826 e. The lowest BCUT2D eigenvalue weighted by atomic mass is 10.2. The predicted molar refractivity (Wildman–Crippen MR) is 81.9 cm³/mol. The van der Waals surface area contributed by atoms with Crippen molar-refractivity contribution in [3.63, 3.8) is 0 Å². The second-order valence-electron chi connectivity index (χ2n) is 5.43. The van der Waals surface area contributed by atoms with Gasteiger partial charge < -0.3 is 10.1 Å². The first-order chi connectivity index (χ1) is 9.20. The van der Waals surface area contributed by atoms with Crippen LogP contribution in [0.4, 0.5) is 0 Å². The number of hydrogen-bond donors (Lipinski definition) is 1. The van der Waals surface area contributed by atoms with Crippen LogP contribution in [0, 0.1) is 0 Å². The minimum Gasteiger partial charge on any atom is -0.374 e. The molecule has 1 aliphatic rings. The zero-order chi connectivity index (χ0) is 13.7. The average Bonchev–Trinajstić information content (AvgIpc) is 2.86. The summed E-state index contributed by atoms with van der Waals surface area (Å²) in [5.41, 5.74) is 1.48. The van der Waals surface area contributed by atoms with E-state index in [4.69, 9.17) is 4.74 Å². The molecule has 1 aromatic rings. The van der Waals surface area contributed by atoms with Crippen LogP contribution in [-0.4, -0.2) is 43.3 Å². The first-order valence-corrected chi connectivity index (χ1v) is 8.20. The highest BCUT2D eigenvalue weighted by atomic mass is 32.1. The van der Waals surface area contributed by atoms with Crippen LogP contribution >= 0.6 is 11.3 Å². The van der Waals surface area contributed by atoms with Gasteiger partial charge in [-0.25, -0.2) is 0 Å². The van der Waals surface area contributed by atoms with Crippen molar-refractivity contribution >= 4 is 11.3 Å². The van der Waals surface area contributed by atoms with E-state index in [9.17, 15) is 0 Å². The largest absolute Gasteiger partial charge is 0.374 e. The Labute approximate surface area is 121 Å². The van der Waals surface area contributed by atoms with Gasteiger partial charge in [0.25, 0.3) is 0 Å². The number of hydrogen-bond acceptors (Lipinski definition) is 4. The van der Waals surface area contributed by atoms with Crippen LogP contribution in [0.3, 0.4) is 0 Å². The van der Waals surface area contributed by atoms with E-state index in [1.807, 2.05) is 11.3 Å². The third-order valence-corrected chi connectivity index (χ3v) is 4.74. The Kier molecular flexibility index (Phi) is 5.82. The molecule has 1 saturated heterocycles. The van der Waals surface area contributed by atoms with Crippen LogP contribution in [0.2, 0.25) is 0 Å². The summed E-state index contributed by atoms with van der Waals surface area (Å²) in [4.78, 5) is 3.97. The molecule has 19 heavy (non-hydrogen) atoms. The molecular formula is C15H26N2OS. The Balaban J connectivity index is 1.73. The van der Waals surface area contributed by atoms with Crippen molar-refractivity contribution in [1.82, 2.24) is 10.2 Å². The molecule has 0 radical (unpaired) electrons. The molecule has 0 aliphatic carbocycles. The van der Waals surface area contributed by atoms with Crippen molar-refractivity contribution in [2.75, 3.05) is 26.2 Å². The highest BCUT2D eigenvalue weighted by Crippen LogP contribution is 2.17. The maximum atomic E-state index is 5.83. The van der Waals surface area contributed by atoms with Gasteiger partial charge in [0.2, 0.25) is 0 Å². The molecule has 2 heterocycles. The molecule has 1 aromatic heterocycles. The molecule has 4 heteroatoms. The summed E-state index contributed by atoms with van der Waals surface area (Å²) >= 11 is 1.85. The maximum Gasteiger partial charge on any atom is 0.0826 e. The SMILES string of the molecule is CCc1ccsc1CNCC1CN(C(C)C)CCO1. The molecule has 0 bridgehead atoms. The minimum atomic E-state index is 0.334. The van der Waals surface area contributed by atoms with E-state index in [1.54, 1.807) is 0 Å². The number of aryl methyl sites for hydroxylation is 1. The van der Waals surface area contributed by atoms with E-state index in [2.05, 4.69) is 42.4 Å². The molecule has 108 valence electrons. The molecule has 1 atom stereocenters. The summed E-state index contributed by atoms with van der Waals surface area (Å²) in [6.07, 6.45) is 1.46. The standard InChI is InChI=1S/C15H26N2OS/c1-4-13-5-8-19-15(13)10-16-9-14-11-17(12(2)3)6-7-18-14/h5,8,12,14,16H,4,6-7,9-11H2,1-3H3. The van der Waals surface area contributed by atoms with Crippen molar-refractivity contribution in [2.45, 2.75) is 45.9 Å². The fraction of sp³-hybridized carbons (Fsp3) is 0.733. The lowest BCUT2D eigenvalue weighted by Gasteiger charge is -2.35. The second-order valence-corrected chi connectivity index (χ2v) is 6.44. The van der Waals surface area contributed by atoms with Gasteiger partial charge in [0, 0.05) is 37.1 Å². The molecular weight excluding hydrogens is 256 g/mol. The molecule has 1 unspecified atom stereocenters. The van der Waals surface area contributed by atoms with Gasteiger partial charge in [0.1, 0.15) is 0 Å². The summed E-state index contributed by atoms with van der Waals surface area (Å²) in [5.74, 6) is 0. The van der Waals surface area contributed by atoms with Gasteiger partial charge in [-0.2, -0.15) is 0 Å². The number of rotatable bonds is 6. The van der Waals surface area contributed by atoms with Crippen LogP contribution in [-0.2, 0) is 17.7 Å². The number of nitrogens with zero attached hydrogens (tertiary/aromatic N) is 1. The van der Waals surface area contributed by atoms with Gasteiger partial charge in [-0.1, -0.05) is 6.92 Å². The maximum absolute atomic E-state index is 5.83. The molecule has 1 aliphatic heterocycles. The first-order valence-electron chi connectivity index (χ1n) is 7.32. The third-order valence-electron chi connectivity index (χ3n) is 3.78. The second kappa shape index (κ2) is 7.39. The first kappa shape index (κ1) is 15.0. The van der Waals surface area contributed by atoms with Gasteiger partial charge in [-0.15, -0.1) is 11.3 Å². The quantitative estimate of drug-likeness (QED) is 0.867. The van der Waals surface area contributed by atoms with Crippen molar-refractivity contribution in [1.29, 1.82) is 0 Å². The van der Waals surface area contributed by atoms with Gasteiger partial charge in [0.15, 0.2) is 0 Å². The lowest BCUT2D eigenvalue weighted by molar-refractivity contribution is -0.0372. The summed E-state index contributed by atoms with van der Waals surface area (Å²) < 4.78 is 5.83. The van der Waals surface area contributed by atoms with Gasteiger partial charge >= 0.3 is 0 Å². The Morgan fingerprint density at radius 3 is 3.11 bits per heavy atom. The highest BCUT2D eigenvalue weighted by Gasteiger charge is 2.21. The molecule has 0 amide bonds. The van der Waals surface area contributed by atoms with Crippen LogP contribution in [0.15, 0.2) is 11.4 Å². The predicted octanol–water partition coefficient (Wildman–Crippen LogP) is 2.51. The molecule has 3 nitrogen and oxygen atoms in total. The highest BCUT2D eigenvalue weighted by molar-refractivity contribution is 7.10. The molecule has 1 fully saturated rings. The Bertz CT molecular complexity index is 378. The zero-order valence-corrected chi connectivity index (χ0v) is 13.1. The minimum absolute atomic E-state index is 0.334. The molecule has 0 saturated carbocycles. The monoisotopic (exact) mass is 282 g/mol. The Morgan fingerprint density at radius 2 is 2.37 bits per heavy atom. The van der Waals surface area contributed by atoms with Gasteiger partial charge in [-0.3, -0.25) is 4.90 Å². The summed E-state index contributed by atoms with van der Waals surface area (Å²) in [7, 11) is 0. The topological polar surface area (TPSA) is 24.5 Å². The van der Waals surface area contributed by atoms with Crippen molar-refractivity contribution < 1.29 is 4.74 Å². The number of nitrogens with one attached hydrogen (secondary N) is 1. The van der Waals surface area contributed by atoms with Crippen LogP contribution in [0.25, 0.3) is 0 Å². The fourth-order valence-corrected chi connectivity index (χ4v) is 3.46. The van der Waals surface area contributed by atoms with E-state index in [0.717, 1.165) is 39.2 Å². The normalized spacial score (nSPS) is 21.2. The Hall–Kier alpha value is -0.420. The van der Waals surface area contributed by atoms with Crippen molar-refractivity contribution in [3.05, 3.63) is 21.9 Å². The van der Waals surface area contributed by atoms with Crippen molar-refractivity contribution in [3.8, 4) is 0 Å². The van der Waals surface area contributed by atoms with E-state index in [-0.39, 0.29) is 0 Å². The number of morpholine rings is 1. The van der Waals surface area contributed by atoms with E-state index in [1.165, 1.54) is 10.4 Å². The Morgan fingerprint density at radius 1 is 1.53 bits per heavy atom. The van der Waals surface area contributed by atoms with Crippen molar-refractivity contribution in [2.24, 2.45) is 0 Å². The van der Waals surface area contributed by atoms with Gasteiger partial charge in [0.05, 0.1) is 12.7 Å². The molecule has 1 N–H and O–H groups in total. The van der Waals surface area contributed by atoms with E-state index in [0.29, 0.717) is 12.1 Å². The van der Waals surface area contributed by atoms with Crippen LogP contribution in [0.5, 0.6) is 0 Å². The fourth-order valence-electron chi connectivity index (χ4n) is 2.52.